The molecule has 138 valence electrons. The number of methoxy groups -OCH3 is 2. The summed E-state index contributed by atoms with van der Waals surface area (Å²) in [6, 6.07) is 12.1. The van der Waals surface area contributed by atoms with Gasteiger partial charge in [0.1, 0.15) is 5.75 Å². The molecule has 2 aromatic carbocycles. The van der Waals surface area contributed by atoms with E-state index in [0.29, 0.717) is 28.5 Å². The van der Waals surface area contributed by atoms with Gasteiger partial charge in [0.05, 0.1) is 31.6 Å². The van der Waals surface area contributed by atoms with E-state index in [2.05, 4.69) is 5.16 Å². The van der Waals surface area contributed by atoms with Crippen LogP contribution in [0.1, 0.15) is 36.7 Å². The minimum Gasteiger partial charge on any atom is -0.493 e. The van der Waals surface area contributed by atoms with Crippen LogP contribution in [0.3, 0.4) is 0 Å². The van der Waals surface area contributed by atoms with Crippen LogP contribution < -0.4 is 14.2 Å². The van der Waals surface area contributed by atoms with Gasteiger partial charge in [-0.3, -0.25) is 0 Å². The first-order valence-electron chi connectivity index (χ1n) is 8.19. The molecule has 0 bridgehead atoms. The van der Waals surface area contributed by atoms with E-state index in [4.69, 9.17) is 19.0 Å². The Morgan fingerprint density at radius 1 is 0.923 bits per heavy atom. The molecule has 0 aromatic heterocycles. The van der Waals surface area contributed by atoms with Crippen molar-refractivity contribution in [2.45, 2.75) is 26.9 Å². The Hall–Kier alpha value is -3.02. The molecule has 0 N–H and O–H groups in total. The second kappa shape index (κ2) is 8.89. The van der Waals surface area contributed by atoms with E-state index in [1.54, 1.807) is 57.5 Å². The number of benzene rings is 2. The number of hydrogen-bond acceptors (Lipinski definition) is 6. The summed E-state index contributed by atoms with van der Waals surface area (Å²) in [7, 11) is 3.12. The summed E-state index contributed by atoms with van der Waals surface area (Å²) >= 11 is 0. The Morgan fingerprint density at radius 2 is 1.54 bits per heavy atom. The Kier molecular flexibility index (Phi) is 6.60. The van der Waals surface area contributed by atoms with E-state index in [1.807, 2.05) is 19.9 Å². The molecule has 0 amide bonds. The van der Waals surface area contributed by atoms with Crippen LogP contribution in [0.15, 0.2) is 47.6 Å². The van der Waals surface area contributed by atoms with E-state index >= 15 is 0 Å². The number of oxime groups is 1. The van der Waals surface area contributed by atoms with Crippen molar-refractivity contribution in [2.75, 3.05) is 14.2 Å². The number of rotatable bonds is 7. The van der Waals surface area contributed by atoms with Crippen molar-refractivity contribution in [1.82, 2.24) is 0 Å². The van der Waals surface area contributed by atoms with Crippen LogP contribution in [0.2, 0.25) is 0 Å². The van der Waals surface area contributed by atoms with Crippen molar-refractivity contribution < 1.29 is 23.8 Å². The summed E-state index contributed by atoms with van der Waals surface area (Å²) in [5.41, 5.74) is 1.69. The van der Waals surface area contributed by atoms with Gasteiger partial charge in [-0.05, 0) is 63.2 Å². The first-order valence-corrected chi connectivity index (χ1v) is 8.19. The molecule has 0 atom stereocenters. The highest BCUT2D eigenvalue weighted by molar-refractivity contribution is 5.99. The van der Waals surface area contributed by atoms with Gasteiger partial charge >= 0.3 is 5.97 Å². The van der Waals surface area contributed by atoms with Crippen LogP contribution in [0, 0.1) is 0 Å². The van der Waals surface area contributed by atoms with Gasteiger partial charge in [-0.2, -0.15) is 0 Å². The van der Waals surface area contributed by atoms with Gasteiger partial charge in [-0.25, -0.2) is 4.79 Å². The Labute approximate surface area is 153 Å². The van der Waals surface area contributed by atoms with Gasteiger partial charge in [-0.1, -0.05) is 5.16 Å². The van der Waals surface area contributed by atoms with Crippen LogP contribution in [-0.4, -0.2) is 32.0 Å². The molecule has 0 heterocycles. The molecule has 0 aliphatic rings. The van der Waals surface area contributed by atoms with E-state index in [9.17, 15) is 4.79 Å². The molecule has 2 rings (SSSR count). The first-order chi connectivity index (χ1) is 12.4. The van der Waals surface area contributed by atoms with Crippen LogP contribution in [0.5, 0.6) is 17.2 Å². The van der Waals surface area contributed by atoms with Crippen LogP contribution in [-0.2, 0) is 4.84 Å². The van der Waals surface area contributed by atoms with Gasteiger partial charge in [0.25, 0.3) is 0 Å². The number of carbonyl (C=O) groups is 1. The Bertz CT molecular complexity index is 781. The van der Waals surface area contributed by atoms with E-state index in [-0.39, 0.29) is 6.10 Å². The molecule has 6 nitrogen and oxygen atoms in total. The topological polar surface area (TPSA) is 66.4 Å². The van der Waals surface area contributed by atoms with Crippen molar-refractivity contribution in [1.29, 1.82) is 0 Å². The quantitative estimate of drug-likeness (QED) is 0.424. The molecule has 0 fully saturated rings. The fourth-order valence-corrected chi connectivity index (χ4v) is 2.22. The van der Waals surface area contributed by atoms with Gasteiger partial charge in [0.2, 0.25) is 0 Å². The van der Waals surface area contributed by atoms with Crippen LogP contribution >= 0.6 is 0 Å². The molecule has 0 aliphatic heterocycles. The third kappa shape index (κ3) is 4.99. The van der Waals surface area contributed by atoms with Crippen LogP contribution in [0.4, 0.5) is 0 Å². The highest BCUT2D eigenvalue weighted by Crippen LogP contribution is 2.27. The molecule has 0 radical (unpaired) electrons. The van der Waals surface area contributed by atoms with Crippen molar-refractivity contribution in [3.63, 3.8) is 0 Å². The number of nitrogens with zero attached hydrogens (tertiary/aromatic N) is 1. The average molecular weight is 357 g/mol. The predicted molar refractivity (Wildman–Crippen MR) is 99.4 cm³/mol. The van der Waals surface area contributed by atoms with Crippen molar-refractivity contribution in [3.8, 4) is 17.2 Å². The average Bonchev–Trinajstić information content (AvgIpc) is 2.65. The maximum atomic E-state index is 12.1. The third-order valence-electron chi connectivity index (χ3n) is 3.53. The smallest absolute Gasteiger partial charge is 0.365 e. The highest BCUT2D eigenvalue weighted by atomic mass is 16.7. The van der Waals surface area contributed by atoms with E-state index in [1.165, 1.54) is 0 Å². The van der Waals surface area contributed by atoms with Crippen molar-refractivity contribution in [3.05, 3.63) is 53.6 Å². The van der Waals surface area contributed by atoms with Crippen molar-refractivity contribution in [2.24, 2.45) is 5.16 Å². The third-order valence-corrected chi connectivity index (χ3v) is 3.53. The van der Waals surface area contributed by atoms with E-state index < -0.39 is 5.97 Å². The first kappa shape index (κ1) is 19.3. The number of carbonyl (C=O) groups excluding carboxylic acids is 1. The second-order valence-corrected chi connectivity index (χ2v) is 5.82. The highest BCUT2D eigenvalue weighted by Gasteiger charge is 2.10. The fraction of sp³-hybridized carbons (Fsp3) is 0.300. The summed E-state index contributed by atoms with van der Waals surface area (Å²) in [4.78, 5) is 17.2. The van der Waals surface area contributed by atoms with Gasteiger partial charge in [0, 0.05) is 5.56 Å². The largest absolute Gasteiger partial charge is 0.493 e. The van der Waals surface area contributed by atoms with Crippen molar-refractivity contribution >= 4 is 11.7 Å². The maximum absolute atomic E-state index is 12.1. The van der Waals surface area contributed by atoms with Gasteiger partial charge < -0.3 is 19.0 Å². The molecule has 2 aromatic rings. The lowest BCUT2D eigenvalue weighted by Gasteiger charge is -2.10. The summed E-state index contributed by atoms with van der Waals surface area (Å²) in [5.74, 6) is 1.35. The summed E-state index contributed by atoms with van der Waals surface area (Å²) in [5, 5.41) is 3.91. The lowest BCUT2D eigenvalue weighted by Crippen LogP contribution is -2.07. The molecular weight excluding hydrogens is 334 g/mol. The normalized spacial score (nSPS) is 11.2. The molecule has 0 unspecified atom stereocenters. The molecule has 0 aliphatic carbocycles. The molecule has 0 saturated heterocycles. The zero-order chi connectivity index (χ0) is 19.1. The zero-order valence-electron chi connectivity index (χ0n) is 15.6. The standard InChI is InChI=1S/C20H23NO5/c1-13(2)25-17-9-6-15(7-10-17)20(22)26-21-14(3)16-8-11-18(23-4)19(12-16)24-5/h6-13H,1-5H3/b21-14+. The Balaban J connectivity index is 2.07. The maximum Gasteiger partial charge on any atom is 0.365 e. The molecule has 0 saturated carbocycles. The monoisotopic (exact) mass is 357 g/mol. The summed E-state index contributed by atoms with van der Waals surface area (Å²) < 4.78 is 16.0. The summed E-state index contributed by atoms with van der Waals surface area (Å²) in [6.07, 6.45) is 0.0709. The second-order valence-electron chi connectivity index (χ2n) is 5.82. The fourth-order valence-electron chi connectivity index (χ4n) is 2.22. The minimum absolute atomic E-state index is 0.0709. The van der Waals surface area contributed by atoms with Gasteiger partial charge in [0.15, 0.2) is 11.5 Å². The molecule has 26 heavy (non-hydrogen) atoms. The Morgan fingerprint density at radius 3 is 2.12 bits per heavy atom. The summed E-state index contributed by atoms with van der Waals surface area (Å²) in [6.45, 7) is 5.62. The van der Waals surface area contributed by atoms with Crippen LogP contribution in [0.25, 0.3) is 0 Å². The zero-order valence-corrected chi connectivity index (χ0v) is 15.6. The predicted octanol–water partition coefficient (Wildman–Crippen LogP) is 4.07. The lowest BCUT2D eigenvalue weighted by atomic mass is 10.1. The number of hydrogen-bond donors (Lipinski definition) is 0. The van der Waals surface area contributed by atoms with Gasteiger partial charge in [-0.15, -0.1) is 0 Å². The molecule has 0 spiro atoms. The molecular formula is C20H23NO5. The van der Waals surface area contributed by atoms with E-state index in [0.717, 1.165) is 5.56 Å². The SMILES string of the molecule is COc1ccc(/C(C)=N/OC(=O)c2ccc(OC(C)C)cc2)cc1OC. The lowest BCUT2D eigenvalue weighted by molar-refractivity contribution is 0.0516. The molecule has 6 heteroatoms. The number of ether oxygens (including phenoxy) is 3. The minimum atomic E-state index is -0.541.